The summed E-state index contributed by atoms with van der Waals surface area (Å²) in [5.74, 6) is 0.761. The summed E-state index contributed by atoms with van der Waals surface area (Å²) >= 11 is 6.04. The molecule has 0 aliphatic rings. The second-order valence-electron chi connectivity index (χ2n) is 7.91. The molecule has 0 fully saturated rings. The van der Waals surface area contributed by atoms with Gasteiger partial charge in [0, 0.05) is 31.2 Å². The van der Waals surface area contributed by atoms with Crippen LogP contribution in [0.1, 0.15) is 17.0 Å². The number of rotatable bonds is 6. The quantitative estimate of drug-likeness (QED) is 0.494. The molecular formula is C23H25ClN5O2+. The molecule has 8 heteroatoms. The lowest BCUT2D eigenvalue weighted by atomic mass is 10.2. The van der Waals surface area contributed by atoms with Gasteiger partial charge in [-0.2, -0.15) is 0 Å². The van der Waals surface area contributed by atoms with Gasteiger partial charge in [-0.25, -0.2) is 9.78 Å². The monoisotopic (exact) mass is 438 g/mol. The van der Waals surface area contributed by atoms with E-state index in [1.165, 1.54) is 22.1 Å². The first-order valence-corrected chi connectivity index (χ1v) is 10.5. The van der Waals surface area contributed by atoms with Gasteiger partial charge in [-0.05, 0) is 17.7 Å². The molecule has 2 heterocycles. The Bertz CT molecular complexity index is 1340. The maximum atomic E-state index is 13.0. The van der Waals surface area contributed by atoms with Crippen LogP contribution in [0.15, 0.2) is 64.2 Å². The first kappa shape index (κ1) is 21.1. The van der Waals surface area contributed by atoms with Crippen molar-refractivity contribution in [2.45, 2.75) is 19.6 Å². The number of benzene rings is 2. The fourth-order valence-corrected chi connectivity index (χ4v) is 3.97. The highest BCUT2D eigenvalue weighted by atomic mass is 35.5. The molecule has 0 amide bonds. The molecule has 1 N–H and O–H groups in total. The highest BCUT2D eigenvalue weighted by Gasteiger charge is 2.21. The van der Waals surface area contributed by atoms with E-state index in [1.54, 1.807) is 7.05 Å². The van der Waals surface area contributed by atoms with Crippen molar-refractivity contribution in [2.24, 2.45) is 14.1 Å². The first-order chi connectivity index (χ1) is 14.8. The van der Waals surface area contributed by atoms with E-state index in [9.17, 15) is 9.59 Å². The van der Waals surface area contributed by atoms with Crippen LogP contribution in [0.5, 0.6) is 0 Å². The Labute approximate surface area is 184 Å². The van der Waals surface area contributed by atoms with Crippen molar-refractivity contribution in [1.82, 2.24) is 18.7 Å². The molecule has 1 unspecified atom stereocenters. The summed E-state index contributed by atoms with van der Waals surface area (Å²) in [6, 6.07) is 17.8. The minimum absolute atomic E-state index is 0.341. The molecule has 4 aromatic rings. The summed E-state index contributed by atoms with van der Waals surface area (Å²) in [4.78, 5) is 31.4. The molecule has 0 saturated heterocycles. The third-order valence-electron chi connectivity index (χ3n) is 5.49. The Hall–Kier alpha value is -3.16. The lowest BCUT2D eigenvalue weighted by Crippen LogP contribution is -3.06. The lowest BCUT2D eigenvalue weighted by Gasteiger charge is -2.15. The van der Waals surface area contributed by atoms with Crippen molar-refractivity contribution >= 4 is 22.8 Å². The van der Waals surface area contributed by atoms with Crippen molar-refractivity contribution in [3.63, 3.8) is 0 Å². The van der Waals surface area contributed by atoms with E-state index in [0.29, 0.717) is 29.3 Å². The molecule has 2 aromatic heterocycles. The van der Waals surface area contributed by atoms with Crippen LogP contribution in [0.25, 0.3) is 11.2 Å². The molecular weight excluding hydrogens is 414 g/mol. The van der Waals surface area contributed by atoms with Crippen molar-refractivity contribution in [2.75, 3.05) is 7.05 Å². The van der Waals surface area contributed by atoms with Gasteiger partial charge in [0.2, 0.25) is 0 Å². The van der Waals surface area contributed by atoms with Crippen LogP contribution in [0.2, 0.25) is 5.02 Å². The second kappa shape index (κ2) is 8.53. The van der Waals surface area contributed by atoms with Crippen LogP contribution >= 0.6 is 11.6 Å². The minimum atomic E-state index is -0.384. The average Bonchev–Trinajstić information content (AvgIpc) is 3.11. The molecule has 160 valence electrons. The van der Waals surface area contributed by atoms with E-state index in [0.717, 1.165) is 22.5 Å². The Kier molecular flexibility index (Phi) is 5.80. The standard InChI is InChI=1S/C23H24ClN5O2/c1-26(13-16-7-5-4-6-8-16)15-19-25-21-20(22(30)28(3)23(31)27(21)2)29(19)14-17-9-11-18(24)12-10-17/h4-12H,13-15H2,1-3H3/p+1. The molecule has 0 spiro atoms. The van der Waals surface area contributed by atoms with Crippen molar-refractivity contribution in [3.05, 3.63) is 97.4 Å². The molecule has 0 radical (unpaired) electrons. The molecule has 7 nitrogen and oxygen atoms in total. The first-order valence-electron chi connectivity index (χ1n) is 10.1. The van der Waals surface area contributed by atoms with E-state index >= 15 is 0 Å². The predicted octanol–water partition coefficient (Wildman–Crippen LogP) is 1.35. The number of fused-ring (bicyclic) bond motifs is 1. The molecule has 0 bridgehead atoms. The van der Waals surface area contributed by atoms with Gasteiger partial charge in [0.05, 0.1) is 7.05 Å². The zero-order valence-electron chi connectivity index (χ0n) is 17.8. The van der Waals surface area contributed by atoms with Gasteiger partial charge in [0.15, 0.2) is 17.0 Å². The van der Waals surface area contributed by atoms with Crippen molar-refractivity contribution < 1.29 is 4.90 Å². The van der Waals surface area contributed by atoms with Crippen LogP contribution < -0.4 is 16.1 Å². The molecule has 0 saturated carbocycles. The minimum Gasteiger partial charge on any atom is -0.327 e. The molecule has 0 aliphatic carbocycles. The number of nitrogens with one attached hydrogen (secondary N) is 1. The number of nitrogens with zero attached hydrogens (tertiary/aromatic N) is 4. The summed E-state index contributed by atoms with van der Waals surface area (Å²) in [6.07, 6.45) is 0. The van der Waals surface area contributed by atoms with Crippen LogP contribution in [0.4, 0.5) is 0 Å². The van der Waals surface area contributed by atoms with Gasteiger partial charge >= 0.3 is 5.69 Å². The Balaban J connectivity index is 1.80. The fourth-order valence-electron chi connectivity index (χ4n) is 3.85. The van der Waals surface area contributed by atoms with Crippen LogP contribution in [0, 0.1) is 0 Å². The highest BCUT2D eigenvalue weighted by Crippen LogP contribution is 2.16. The van der Waals surface area contributed by atoms with Crippen molar-refractivity contribution in [1.29, 1.82) is 0 Å². The summed E-state index contributed by atoms with van der Waals surface area (Å²) in [7, 11) is 5.24. The van der Waals surface area contributed by atoms with Gasteiger partial charge in [-0.15, -0.1) is 0 Å². The average molecular weight is 439 g/mol. The lowest BCUT2D eigenvalue weighted by molar-refractivity contribution is -0.908. The Morgan fingerprint density at radius 2 is 1.58 bits per heavy atom. The molecule has 4 rings (SSSR count). The molecule has 0 aliphatic heterocycles. The summed E-state index contributed by atoms with van der Waals surface area (Å²) in [6.45, 7) is 1.89. The van der Waals surface area contributed by atoms with E-state index in [2.05, 4.69) is 19.2 Å². The zero-order valence-corrected chi connectivity index (χ0v) is 18.6. The van der Waals surface area contributed by atoms with E-state index in [-0.39, 0.29) is 11.2 Å². The molecule has 31 heavy (non-hydrogen) atoms. The largest absolute Gasteiger partial charge is 0.332 e. The number of imidazole rings is 1. The maximum Gasteiger partial charge on any atom is 0.332 e. The normalized spacial score (nSPS) is 12.4. The van der Waals surface area contributed by atoms with Crippen LogP contribution in [0.3, 0.4) is 0 Å². The van der Waals surface area contributed by atoms with Gasteiger partial charge in [0.25, 0.3) is 5.56 Å². The predicted molar refractivity (Wildman–Crippen MR) is 122 cm³/mol. The summed E-state index contributed by atoms with van der Waals surface area (Å²) in [5.41, 5.74) is 2.34. The number of hydrogen-bond donors (Lipinski definition) is 1. The van der Waals surface area contributed by atoms with E-state index < -0.39 is 0 Å². The number of quaternary nitrogens is 1. The Morgan fingerprint density at radius 1 is 0.903 bits per heavy atom. The van der Waals surface area contributed by atoms with Crippen molar-refractivity contribution in [3.8, 4) is 0 Å². The number of hydrogen-bond acceptors (Lipinski definition) is 3. The Morgan fingerprint density at radius 3 is 2.26 bits per heavy atom. The summed E-state index contributed by atoms with van der Waals surface area (Å²) in [5, 5.41) is 0.657. The second-order valence-corrected chi connectivity index (χ2v) is 8.35. The van der Waals surface area contributed by atoms with Gasteiger partial charge in [0.1, 0.15) is 13.1 Å². The molecule has 1 atom stereocenters. The van der Waals surface area contributed by atoms with Gasteiger partial charge in [-0.3, -0.25) is 13.9 Å². The maximum absolute atomic E-state index is 13.0. The van der Waals surface area contributed by atoms with Crippen LogP contribution in [-0.4, -0.2) is 25.7 Å². The zero-order chi connectivity index (χ0) is 22.1. The number of halogens is 1. The third kappa shape index (κ3) is 4.19. The van der Waals surface area contributed by atoms with Crippen LogP contribution in [-0.2, 0) is 33.7 Å². The smallest absolute Gasteiger partial charge is 0.327 e. The summed E-state index contributed by atoms with van der Waals surface area (Å²) < 4.78 is 4.49. The third-order valence-corrected chi connectivity index (χ3v) is 5.74. The SMILES string of the molecule is Cn1c(=O)c2c(nc(C[NH+](C)Cc3ccccc3)n2Cc2ccc(Cl)cc2)n(C)c1=O. The highest BCUT2D eigenvalue weighted by molar-refractivity contribution is 6.30. The van der Waals surface area contributed by atoms with Gasteiger partial charge in [-0.1, -0.05) is 54.1 Å². The van der Waals surface area contributed by atoms with E-state index in [1.807, 2.05) is 47.0 Å². The molecule has 2 aromatic carbocycles. The van der Waals surface area contributed by atoms with E-state index in [4.69, 9.17) is 16.6 Å². The topological polar surface area (TPSA) is 66.3 Å². The van der Waals surface area contributed by atoms with Gasteiger partial charge < -0.3 is 9.47 Å². The fraction of sp³-hybridized carbons (Fsp3) is 0.261. The number of aromatic nitrogens is 4. The number of aryl methyl sites for hydroxylation is 1.